The van der Waals surface area contributed by atoms with E-state index in [9.17, 15) is 13.2 Å². The standard InChI is InChI=1S/C12H22N2O4S/c1-12(2)8-18-9-14(12)11(15)10-4-6-13(7-5-10)19(3,16)17/h10H,4-9H2,1-3H3. The topological polar surface area (TPSA) is 66.9 Å². The van der Waals surface area contributed by atoms with Gasteiger partial charge in [0.05, 0.1) is 18.4 Å². The van der Waals surface area contributed by atoms with Crippen LogP contribution in [0.15, 0.2) is 0 Å². The monoisotopic (exact) mass is 290 g/mol. The molecule has 2 aliphatic rings. The van der Waals surface area contributed by atoms with Crippen molar-refractivity contribution in [2.45, 2.75) is 32.2 Å². The lowest BCUT2D eigenvalue weighted by Crippen LogP contribution is -2.49. The highest BCUT2D eigenvalue weighted by Gasteiger charge is 2.40. The fourth-order valence-electron chi connectivity index (χ4n) is 2.66. The fraction of sp³-hybridized carbons (Fsp3) is 0.917. The number of carbonyl (C=O) groups is 1. The molecule has 110 valence electrons. The quantitative estimate of drug-likeness (QED) is 0.731. The number of rotatable bonds is 2. The van der Waals surface area contributed by atoms with Gasteiger partial charge >= 0.3 is 0 Å². The summed E-state index contributed by atoms with van der Waals surface area (Å²) in [5, 5.41) is 0. The molecule has 0 N–H and O–H groups in total. The fourth-order valence-corrected chi connectivity index (χ4v) is 3.53. The summed E-state index contributed by atoms with van der Waals surface area (Å²) in [6.07, 6.45) is 2.41. The SMILES string of the molecule is CC1(C)COCN1C(=O)C1CCN(S(C)(=O)=O)CC1. The second kappa shape index (κ2) is 5.03. The van der Waals surface area contributed by atoms with Crippen LogP contribution in [0.25, 0.3) is 0 Å². The van der Waals surface area contributed by atoms with Crippen LogP contribution in [0.4, 0.5) is 0 Å². The molecule has 0 aromatic heterocycles. The number of carbonyl (C=O) groups excluding carboxylic acids is 1. The van der Waals surface area contributed by atoms with E-state index in [1.54, 1.807) is 4.90 Å². The van der Waals surface area contributed by atoms with Gasteiger partial charge in [0, 0.05) is 19.0 Å². The number of amides is 1. The van der Waals surface area contributed by atoms with Gasteiger partial charge in [-0.3, -0.25) is 4.79 Å². The molecule has 1 amide bonds. The summed E-state index contributed by atoms with van der Waals surface area (Å²) in [5.74, 6) is 0.00891. The van der Waals surface area contributed by atoms with Gasteiger partial charge in [0.2, 0.25) is 15.9 Å². The Labute approximate surface area is 114 Å². The third kappa shape index (κ3) is 3.09. The smallest absolute Gasteiger partial charge is 0.228 e. The molecule has 0 unspecified atom stereocenters. The Morgan fingerprint density at radius 2 is 1.84 bits per heavy atom. The van der Waals surface area contributed by atoms with Gasteiger partial charge in [-0.15, -0.1) is 0 Å². The van der Waals surface area contributed by atoms with Crippen molar-refractivity contribution in [2.75, 3.05) is 32.7 Å². The number of piperidine rings is 1. The van der Waals surface area contributed by atoms with Crippen molar-refractivity contribution < 1.29 is 17.9 Å². The predicted octanol–water partition coefficient (Wildman–Crippen LogP) is 0.253. The summed E-state index contributed by atoms with van der Waals surface area (Å²) in [6.45, 7) is 5.75. The first-order valence-corrected chi connectivity index (χ1v) is 8.41. The summed E-state index contributed by atoms with van der Waals surface area (Å²) in [7, 11) is -3.13. The Morgan fingerprint density at radius 3 is 2.26 bits per heavy atom. The molecule has 2 saturated heterocycles. The van der Waals surface area contributed by atoms with Crippen molar-refractivity contribution in [3.8, 4) is 0 Å². The van der Waals surface area contributed by atoms with Crippen LogP contribution in [-0.4, -0.2) is 61.8 Å². The number of sulfonamides is 1. The highest BCUT2D eigenvalue weighted by Crippen LogP contribution is 2.28. The van der Waals surface area contributed by atoms with Crippen molar-refractivity contribution in [3.05, 3.63) is 0 Å². The number of nitrogens with zero attached hydrogens (tertiary/aromatic N) is 2. The number of hydrogen-bond donors (Lipinski definition) is 0. The average Bonchev–Trinajstić information content (AvgIpc) is 2.67. The molecule has 2 aliphatic heterocycles. The van der Waals surface area contributed by atoms with Crippen LogP contribution in [0.3, 0.4) is 0 Å². The van der Waals surface area contributed by atoms with E-state index in [2.05, 4.69) is 0 Å². The highest BCUT2D eigenvalue weighted by atomic mass is 32.2. The van der Waals surface area contributed by atoms with E-state index in [1.807, 2.05) is 13.8 Å². The van der Waals surface area contributed by atoms with Crippen molar-refractivity contribution in [3.63, 3.8) is 0 Å². The Bertz CT molecular complexity index is 452. The molecule has 0 aromatic carbocycles. The zero-order valence-corrected chi connectivity index (χ0v) is 12.6. The van der Waals surface area contributed by atoms with Gasteiger partial charge in [-0.2, -0.15) is 0 Å². The maximum atomic E-state index is 12.5. The van der Waals surface area contributed by atoms with Gasteiger partial charge in [-0.05, 0) is 26.7 Å². The first-order chi connectivity index (χ1) is 8.72. The maximum absolute atomic E-state index is 12.5. The van der Waals surface area contributed by atoms with E-state index < -0.39 is 10.0 Å². The van der Waals surface area contributed by atoms with E-state index in [1.165, 1.54) is 10.6 Å². The second-order valence-electron chi connectivity index (χ2n) is 5.99. The predicted molar refractivity (Wildman–Crippen MR) is 70.9 cm³/mol. The van der Waals surface area contributed by atoms with Crippen LogP contribution in [0.5, 0.6) is 0 Å². The number of ether oxygens (including phenoxy) is 1. The molecule has 19 heavy (non-hydrogen) atoms. The lowest BCUT2D eigenvalue weighted by atomic mass is 9.94. The van der Waals surface area contributed by atoms with E-state index in [-0.39, 0.29) is 17.4 Å². The molecule has 2 fully saturated rings. The first-order valence-electron chi connectivity index (χ1n) is 6.56. The van der Waals surface area contributed by atoms with Crippen LogP contribution in [0, 0.1) is 5.92 Å². The molecule has 0 atom stereocenters. The molecular weight excluding hydrogens is 268 g/mol. The molecule has 2 rings (SSSR count). The van der Waals surface area contributed by atoms with Crippen molar-refractivity contribution in [2.24, 2.45) is 5.92 Å². The minimum absolute atomic E-state index is 0.0843. The van der Waals surface area contributed by atoms with E-state index >= 15 is 0 Å². The normalized spacial score (nSPS) is 25.7. The lowest BCUT2D eigenvalue weighted by molar-refractivity contribution is -0.140. The van der Waals surface area contributed by atoms with Crippen molar-refractivity contribution >= 4 is 15.9 Å². The van der Waals surface area contributed by atoms with Gasteiger partial charge in [-0.1, -0.05) is 0 Å². The zero-order valence-electron chi connectivity index (χ0n) is 11.8. The van der Waals surface area contributed by atoms with Crippen molar-refractivity contribution in [1.82, 2.24) is 9.21 Å². The summed E-state index contributed by atoms with van der Waals surface area (Å²) in [5.41, 5.74) is -0.259. The third-order valence-electron chi connectivity index (χ3n) is 3.94. The molecule has 0 aliphatic carbocycles. The van der Waals surface area contributed by atoms with Crippen LogP contribution in [-0.2, 0) is 19.6 Å². The van der Waals surface area contributed by atoms with Crippen LogP contribution in [0.1, 0.15) is 26.7 Å². The van der Waals surface area contributed by atoms with E-state index in [0.29, 0.717) is 39.3 Å². The molecule has 7 heteroatoms. The Morgan fingerprint density at radius 1 is 1.26 bits per heavy atom. The van der Waals surface area contributed by atoms with E-state index in [0.717, 1.165) is 0 Å². The van der Waals surface area contributed by atoms with E-state index in [4.69, 9.17) is 4.74 Å². The van der Waals surface area contributed by atoms with Gasteiger partial charge in [0.15, 0.2) is 0 Å². The Kier molecular flexibility index (Phi) is 3.90. The van der Waals surface area contributed by atoms with Crippen molar-refractivity contribution in [1.29, 1.82) is 0 Å². The molecule has 0 aromatic rings. The lowest BCUT2D eigenvalue weighted by Gasteiger charge is -2.35. The number of hydrogen-bond acceptors (Lipinski definition) is 4. The minimum Gasteiger partial charge on any atom is -0.359 e. The first kappa shape index (κ1) is 14.7. The molecule has 0 bridgehead atoms. The summed E-state index contributed by atoms with van der Waals surface area (Å²) in [4.78, 5) is 14.2. The Balaban J connectivity index is 1.97. The maximum Gasteiger partial charge on any atom is 0.228 e. The van der Waals surface area contributed by atoms with Gasteiger partial charge < -0.3 is 9.64 Å². The summed E-state index contributed by atoms with van der Waals surface area (Å²) in [6, 6.07) is 0. The van der Waals surface area contributed by atoms with Crippen LogP contribution in [0.2, 0.25) is 0 Å². The molecule has 2 heterocycles. The molecular formula is C12H22N2O4S. The molecule has 0 saturated carbocycles. The van der Waals surface area contributed by atoms with Gasteiger partial charge in [-0.25, -0.2) is 12.7 Å². The van der Waals surface area contributed by atoms with Crippen LogP contribution >= 0.6 is 0 Å². The summed E-state index contributed by atoms with van der Waals surface area (Å²) < 4.78 is 29.7. The van der Waals surface area contributed by atoms with Gasteiger partial charge in [0.1, 0.15) is 6.73 Å². The minimum atomic E-state index is -3.13. The zero-order chi connectivity index (χ0) is 14.3. The Hall–Kier alpha value is -0.660. The summed E-state index contributed by atoms with van der Waals surface area (Å²) >= 11 is 0. The average molecular weight is 290 g/mol. The largest absolute Gasteiger partial charge is 0.359 e. The highest BCUT2D eigenvalue weighted by molar-refractivity contribution is 7.88. The molecule has 0 spiro atoms. The second-order valence-corrected chi connectivity index (χ2v) is 7.98. The van der Waals surface area contributed by atoms with Crippen LogP contribution < -0.4 is 0 Å². The third-order valence-corrected chi connectivity index (χ3v) is 5.25. The van der Waals surface area contributed by atoms with Gasteiger partial charge in [0.25, 0.3) is 0 Å². The molecule has 6 nitrogen and oxygen atoms in total. The molecule has 0 radical (unpaired) electrons.